The summed E-state index contributed by atoms with van der Waals surface area (Å²) in [7, 11) is 0. The molecule has 1 aliphatic heterocycles. The number of hydrogen-bond acceptors (Lipinski definition) is 6. The zero-order valence-electron chi connectivity index (χ0n) is 16.0. The fourth-order valence-electron chi connectivity index (χ4n) is 2.90. The minimum absolute atomic E-state index is 0.0496. The van der Waals surface area contributed by atoms with Crippen LogP contribution in [0.5, 0.6) is 5.75 Å². The zero-order valence-corrected chi connectivity index (χ0v) is 18.2. The predicted octanol–water partition coefficient (Wildman–Crippen LogP) is 5.12. The van der Waals surface area contributed by atoms with Crippen molar-refractivity contribution in [1.29, 1.82) is 0 Å². The summed E-state index contributed by atoms with van der Waals surface area (Å²) in [5, 5.41) is 10.8. The van der Waals surface area contributed by atoms with Crippen molar-refractivity contribution < 1.29 is 19.2 Å². The number of rotatable bonds is 6. The van der Waals surface area contributed by atoms with Crippen LogP contribution in [0.15, 0.2) is 83.5 Å². The topological polar surface area (TPSA) is 91.0 Å². The molecule has 0 spiro atoms. The van der Waals surface area contributed by atoms with E-state index in [1.54, 1.807) is 6.08 Å². The molecule has 0 N–H and O–H groups in total. The normalized spacial score (nSPS) is 14.3. The zero-order chi connectivity index (χ0) is 21.8. The average Bonchev–Trinajstić information content (AvgIpc) is 3.13. The summed E-state index contributed by atoms with van der Waals surface area (Å²) in [4.78, 5) is 26.7. The third-order valence-corrected chi connectivity index (χ3v) is 5.07. The lowest BCUT2D eigenvalue weighted by molar-refractivity contribution is -0.384. The number of esters is 1. The number of hydrogen-bond donors (Lipinski definition) is 0. The highest BCUT2D eigenvalue weighted by molar-refractivity contribution is 14.1. The van der Waals surface area contributed by atoms with Crippen LogP contribution in [0.4, 0.5) is 5.69 Å². The van der Waals surface area contributed by atoms with E-state index >= 15 is 0 Å². The molecule has 0 fully saturated rings. The van der Waals surface area contributed by atoms with Crippen molar-refractivity contribution in [3.8, 4) is 5.75 Å². The molecule has 154 valence electrons. The Balaban J connectivity index is 1.50. The van der Waals surface area contributed by atoms with Gasteiger partial charge in [-0.05, 0) is 76.2 Å². The van der Waals surface area contributed by atoms with E-state index < -0.39 is 10.9 Å². The largest absolute Gasteiger partial charge is 0.489 e. The van der Waals surface area contributed by atoms with Gasteiger partial charge in [-0.3, -0.25) is 10.1 Å². The molecule has 0 saturated carbocycles. The van der Waals surface area contributed by atoms with Gasteiger partial charge in [-0.25, -0.2) is 9.79 Å². The molecule has 0 radical (unpaired) electrons. The summed E-state index contributed by atoms with van der Waals surface area (Å²) in [6.45, 7) is 0.432. The number of ether oxygens (including phenoxy) is 2. The number of benzene rings is 3. The number of carbonyl (C=O) groups excluding carboxylic acids is 1. The standard InChI is InChI=1S/C23H15IN2O5/c24-18-5-1-4-16(11-18)14-30-20-6-2-3-15(12-20)13-21-23(27)31-22(25-21)17-7-9-19(10-8-17)26(28)29/h1-13H,14H2/b21-13-. The molecule has 8 heteroatoms. The van der Waals surface area contributed by atoms with Crippen molar-refractivity contribution >= 4 is 46.2 Å². The Morgan fingerprint density at radius 2 is 1.84 bits per heavy atom. The Morgan fingerprint density at radius 3 is 2.58 bits per heavy atom. The number of nitrogens with zero attached hydrogens (tertiary/aromatic N) is 2. The average molecular weight is 526 g/mol. The first-order valence-corrected chi connectivity index (χ1v) is 10.3. The van der Waals surface area contributed by atoms with E-state index in [0.717, 1.165) is 14.7 Å². The van der Waals surface area contributed by atoms with Crippen LogP contribution < -0.4 is 4.74 Å². The van der Waals surface area contributed by atoms with E-state index in [9.17, 15) is 14.9 Å². The first kappa shape index (κ1) is 20.7. The van der Waals surface area contributed by atoms with Crippen LogP contribution in [0.25, 0.3) is 6.08 Å². The van der Waals surface area contributed by atoms with E-state index in [1.165, 1.54) is 24.3 Å². The molecule has 3 aromatic carbocycles. The monoisotopic (exact) mass is 526 g/mol. The van der Waals surface area contributed by atoms with E-state index in [1.807, 2.05) is 42.5 Å². The molecule has 3 aromatic rings. The smallest absolute Gasteiger partial charge is 0.363 e. The fraction of sp³-hybridized carbons (Fsp3) is 0.0435. The van der Waals surface area contributed by atoms with Gasteiger partial charge in [0, 0.05) is 21.3 Å². The van der Waals surface area contributed by atoms with Crippen LogP contribution in [0.1, 0.15) is 16.7 Å². The van der Waals surface area contributed by atoms with Gasteiger partial charge in [0.25, 0.3) is 5.69 Å². The Kier molecular flexibility index (Phi) is 6.08. The van der Waals surface area contributed by atoms with Crippen LogP contribution in [0.2, 0.25) is 0 Å². The minimum atomic E-state index is -0.585. The number of aliphatic imine (C=N–C) groups is 1. The predicted molar refractivity (Wildman–Crippen MR) is 124 cm³/mol. The van der Waals surface area contributed by atoms with Crippen LogP contribution in [0, 0.1) is 13.7 Å². The van der Waals surface area contributed by atoms with Gasteiger partial charge in [-0.2, -0.15) is 0 Å². The maximum Gasteiger partial charge on any atom is 0.363 e. The van der Waals surface area contributed by atoms with Crippen molar-refractivity contribution in [1.82, 2.24) is 0 Å². The highest BCUT2D eigenvalue weighted by atomic mass is 127. The maximum atomic E-state index is 12.2. The van der Waals surface area contributed by atoms with Gasteiger partial charge in [-0.15, -0.1) is 0 Å². The van der Waals surface area contributed by atoms with Crippen molar-refractivity contribution in [2.75, 3.05) is 0 Å². The van der Waals surface area contributed by atoms with Crippen LogP contribution in [-0.4, -0.2) is 16.8 Å². The molecule has 0 aromatic heterocycles. The summed E-state index contributed by atoms with van der Waals surface area (Å²) >= 11 is 2.26. The van der Waals surface area contributed by atoms with E-state index in [0.29, 0.717) is 17.9 Å². The lowest BCUT2D eigenvalue weighted by Crippen LogP contribution is -2.05. The molecule has 0 amide bonds. The number of halogens is 1. The second-order valence-corrected chi connectivity index (χ2v) is 7.88. The molecule has 0 saturated heterocycles. The van der Waals surface area contributed by atoms with Gasteiger partial charge in [-0.1, -0.05) is 24.3 Å². The SMILES string of the molecule is O=C1OC(c2ccc([N+](=O)[O-])cc2)=N/C1=C\c1cccc(OCc2cccc(I)c2)c1. The van der Waals surface area contributed by atoms with Gasteiger partial charge in [0.15, 0.2) is 5.70 Å². The first-order valence-electron chi connectivity index (χ1n) is 9.23. The molecular weight excluding hydrogens is 511 g/mol. The van der Waals surface area contributed by atoms with Crippen LogP contribution in [-0.2, 0) is 16.1 Å². The Hall–Kier alpha value is -3.53. The molecular formula is C23H15IN2O5. The molecule has 1 aliphatic rings. The van der Waals surface area contributed by atoms with E-state index in [4.69, 9.17) is 9.47 Å². The highest BCUT2D eigenvalue weighted by Gasteiger charge is 2.24. The third-order valence-electron chi connectivity index (χ3n) is 4.40. The van der Waals surface area contributed by atoms with Gasteiger partial charge >= 0.3 is 5.97 Å². The molecule has 4 rings (SSSR count). The third kappa shape index (κ3) is 5.15. The Labute approximate surface area is 191 Å². The summed E-state index contributed by atoms with van der Waals surface area (Å²) in [6.07, 6.45) is 1.61. The second-order valence-electron chi connectivity index (χ2n) is 6.63. The number of nitro groups is 1. The van der Waals surface area contributed by atoms with Crippen molar-refractivity contribution in [3.05, 3.63) is 109 Å². The summed E-state index contributed by atoms with van der Waals surface area (Å²) < 4.78 is 12.2. The lowest BCUT2D eigenvalue weighted by atomic mass is 10.2. The van der Waals surface area contributed by atoms with E-state index in [2.05, 4.69) is 33.6 Å². The van der Waals surface area contributed by atoms with Crippen LogP contribution >= 0.6 is 22.6 Å². The van der Waals surface area contributed by atoms with Crippen LogP contribution in [0.3, 0.4) is 0 Å². The number of non-ortho nitro benzene ring substituents is 1. The van der Waals surface area contributed by atoms with E-state index in [-0.39, 0.29) is 17.3 Å². The molecule has 1 heterocycles. The van der Waals surface area contributed by atoms with Crippen molar-refractivity contribution in [2.45, 2.75) is 6.61 Å². The molecule has 7 nitrogen and oxygen atoms in total. The minimum Gasteiger partial charge on any atom is -0.489 e. The molecule has 0 atom stereocenters. The second kappa shape index (κ2) is 9.09. The maximum absolute atomic E-state index is 12.2. The summed E-state index contributed by atoms with van der Waals surface area (Å²) in [5.74, 6) is 0.190. The quantitative estimate of drug-likeness (QED) is 0.146. The van der Waals surface area contributed by atoms with Crippen molar-refractivity contribution in [2.24, 2.45) is 4.99 Å². The number of nitro benzene ring substituents is 1. The van der Waals surface area contributed by atoms with Crippen molar-refractivity contribution in [3.63, 3.8) is 0 Å². The molecule has 31 heavy (non-hydrogen) atoms. The Morgan fingerprint density at radius 1 is 1.06 bits per heavy atom. The molecule has 0 aliphatic carbocycles. The number of cyclic esters (lactones) is 1. The highest BCUT2D eigenvalue weighted by Crippen LogP contribution is 2.23. The van der Waals surface area contributed by atoms with Gasteiger partial charge in [0.05, 0.1) is 4.92 Å². The Bertz CT molecular complexity index is 1220. The number of carbonyl (C=O) groups is 1. The fourth-order valence-corrected chi connectivity index (χ4v) is 3.51. The lowest BCUT2D eigenvalue weighted by Gasteiger charge is -2.07. The summed E-state index contributed by atoms with van der Waals surface area (Å²) in [5.41, 5.74) is 2.37. The van der Waals surface area contributed by atoms with Gasteiger partial charge in [0.1, 0.15) is 12.4 Å². The summed E-state index contributed by atoms with van der Waals surface area (Å²) in [6, 6.07) is 21.0. The van der Waals surface area contributed by atoms with Gasteiger partial charge in [0.2, 0.25) is 5.90 Å². The molecule has 0 bridgehead atoms. The molecule has 0 unspecified atom stereocenters. The van der Waals surface area contributed by atoms with Gasteiger partial charge < -0.3 is 9.47 Å². The first-order chi connectivity index (χ1) is 15.0.